The number of nitrogens with two attached hydrogens (primary N) is 1. The molecule has 5 heteroatoms. The highest BCUT2D eigenvalue weighted by Crippen LogP contribution is 2.14. The third-order valence-electron chi connectivity index (χ3n) is 3.68. The number of benzene rings is 1. The molecule has 136 valence electrons. The van der Waals surface area contributed by atoms with Crippen LogP contribution in [0.5, 0.6) is 5.75 Å². The fourth-order valence-corrected chi connectivity index (χ4v) is 2.36. The lowest BCUT2D eigenvalue weighted by atomic mass is 10.2. The van der Waals surface area contributed by atoms with E-state index in [1.165, 1.54) is 0 Å². The van der Waals surface area contributed by atoms with E-state index >= 15 is 0 Å². The molecular weight excluding hydrogens is 326 g/mol. The van der Waals surface area contributed by atoms with E-state index < -0.39 is 0 Å². The third kappa shape index (κ3) is 6.14. The van der Waals surface area contributed by atoms with Crippen molar-refractivity contribution >= 4 is 11.7 Å². The number of aryl methyl sites for hydroxylation is 1. The molecule has 26 heavy (non-hydrogen) atoms. The monoisotopic (exact) mass is 351 g/mol. The van der Waals surface area contributed by atoms with Gasteiger partial charge in [-0.3, -0.25) is 4.79 Å². The number of carbonyl (C=O) groups excluding carboxylic acids is 1. The van der Waals surface area contributed by atoms with Crippen LogP contribution in [0.1, 0.15) is 47.8 Å². The number of amides is 1. The fourth-order valence-electron chi connectivity index (χ4n) is 2.36. The molecule has 0 aliphatic heterocycles. The second-order valence-electron chi connectivity index (χ2n) is 5.87. The molecule has 5 nitrogen and oxygen atoms in total. The van der Waals surface area contributed by atoms with Crippen LogP contribution in [-0.2, 0) is 6.54 Å². The van der Waals surface area contributed by atoms with Crippen LogP contribution in [-0.4, -0.2) is 17.5 Å². The highest BCUT2D eigenvalue weighted by molar-refractivity contribution is 5.98. The second-order valence-corrected chi connectivity index (χ2v) is 5.87. The number of hydrogen-bond donors (Lipinski definition) is 2. The van der Waals surface area contributed by atoms with Crippen molar-refractivity contribution in [2.75, 3.05) is 12.3 Å². The van der Waals surface area contributed by atoms with Crippen LogP contribution in [0.4, 0.5) is 5.82 Å². The van der Waals surface area contributed by atoms with E-state index in [4.69, 9.17) is 10.5 Å². The van der Waals surface area contributed by atoms with Crippen molar-refractivity contribution in [2.45, 2.75) is 39.7 Å². The molecule has 0 saturated carbocycles. The molecule has 1 aromatic heterocycles. The molecule has 1 heterocycles. The average molecular weight is 351 g/mol. The number of anilines is 1. The first kappa shape index (κ1) is 19.3. The van der Waals surface area contributed by atoms with Crippen LogP contribution >= 0.6 is 0 Å². The first-order valence-corrected chi connectivity index (χ1v) is 8.79. The first-order chi connectivity index (χ1) is 12.6. The minimum Gasteiger partial charge on any atom is -0.494 e. The maximum atomic E-state index is 12.3. The summed E-state index contributed by atoms with van der Waals surface area (Å²) >= 11 is 0. The van der Waals surface area contributed by atoms with Crippen molar-refractivity contribution in [3.63, 3.8) is 0 Å². The summed E-state index contributed by atoms with van der Waals surface area (Å²) in [5.74, 6) is 6.93. The van der Waals surface area contributed by atoms with Gasteiger partial charge in [0.05, 0.1) is 12.2 Å². The Bertz CT molecular complexity index is 806. The molecule has 0 radical (unpaired) electrons. The maximum Gasteiger partial charge on any atom is 0.255 e. The van der Waals surface area contributed by atoms with Crippen LogP contribution in [0.2, 0.25) is 0 Å². The first-order valence-electron chi connectivity index (χ1n) is 8.79. The number of rotatable bonds is 7. The Morgan fingerprint density at radius 3 is 2.88 bits per heavy atom. The number of unbranched alkanes of at least 4 members (excludes halogenated alkanes) is 1. The van der Waals surface area contributed by atoms with Gasteiger partial charge in [0.1, 0.15) is 11.6 Å². The summed E-state index contributed by atoms with van der Waals surface area (Å²) in [5.41, 5.74) is 7.94. The van der Waals surface area contributed by atoms with Gasteiger partial charge in [-0.2, -0.15) is 0 Å². The Labute approximate surface area is 155 Å². The van der Waals surface area contributed by atoms with E-state index in [2.05, 4.69) is 22.1 Å². The van der Waals surface area contributed by atoms with Gasteiger partial charge < -0.3 is 15.8 Å². The summed E-state index contributed by atoms with van der Waals surface area (Å²) in [5, 5.41) is 2.86. The zero-order chi connectivity index (χ0) is 18.8. The number of carbonyl (C=O) groups is 1. The molecule has 0 atom stereocenters. The Balaban J connectivity index is 1.85. The van der Waals surface area contributed by atoms with E-state index in [-0.39, 0.29) is 11.7 Å². The van der Waals surface area contributed by atoms with Crippen molar-refractivity contribution in [2.24, 2.45) is 0 Å². The largest absolute Gasteiger partial charge is 0.494 e. The fraction of sp³-hybridized carbons (Fsp3) is 0.333. The number of pyridine rings is 1. The number of nitrogen functional groups attached to an aromatic ring is 1. The molecule has 0 saturated heterocycles. The molecule has 0 aliphatic carbocycles. The van der Waals surface area contributed by atoms with Gasteiger partial charge in [-0.1, -0.05) is 19.1 Å². The molecule has 0 bridgehead atoms. The highest BCUT2D eigenvalue weighted by Gasteiger charge is 2.10. The minimum atomic E-state index is -0.240. The molecule has 3 N–H and O–H groups in total. The highest BCUT2D eigenvalue weighted by atomic mass is 16.5. The van der Waals surface area contributed by atoms with Crippen LogP contribution in [0, 0.1) is 18.8 Å². The third-order valence-corrected chi connectivity index (χ3v) is 3.68. The quantitative estimate of drug-likeness (QED) is 0.591. The van der Waals surface area contributed by atoms with Crippen molar-refractivity contribution in [1.82, 2.24) is 10.3 Å². The summed E-state index contributed by atoms with van der Waals surface area (Å²) in [6.45, 7) is 4.89. The van der Waals surface area contributed by atoms with Gasteiger partial charge in [-0.25, -0.2) is 4.98 Å². The van der Waals surface area contributed by atoms with Gasteiger partial charge >= 0.3 is 0 Å². The van der Waals surface area contributed by atoms with Crippen LogP contribution in [0.3, 0.4) is 0 Å². The normalized spacial score (nSPS) is 9.92. The maximum absolute atomic E-state index is 12.3. The lowest BCUT2D eigenvalue weighted by Gasteiger charge is -2.10. The molecule has 2 aromatic rings. The van der Waals surface area contributed by atoms with Crippen LogP contribution in [0.25, 0.3) is 0 Å². The summed E-state index contributed by atoms with van der Waals surface area (Å²) < 4.78 is 5.74. The number of ether oxygens (including phenoxy) is 1. The molecule has 0 aliphatic rings. The SMILES string of the molecule is CCC#CCCCOc1cccc(CNC(=O)c2ccc(C)nc2N)c1. The van der Waals surface area contributed by atoms with E-state index in [0.717, 1.165) is 36.3 Å². The zero-order valence-corrected chi connectivity index (χ0v) is 15.3. The molecule has 1 amide bonds. The number of hydrogen-bond acceptors (Lipinski definition) is 4. The standard InChI is InChI=1S/C21H25N3O2/c1-3-4-5-6-7-13-26-18-10-8-9-17(14-18)15-23-21(25)19-12-11-16(2)24-20(19)22/h8-12,14H,3,6-7,13,15H2,1-2H3,(H2,22,24)(H,23,25). The lowest BCUT2D eigenvalue weighted by Crippen LogP contribution is -2.24. The van der Waals surface area contributed by atoms with Gasteiger partial charge in [0.2, 0.25) is 0 Å². The molecule has 0 fully saturated rings. The van der Waals surface area contributed by atoms with Crippen molar-refractivity contribution in [3.05, 3.63) is 53.2 Å². The van der Waals surface area contributed by atoms with Gasteiger partial charge in [0.25, 0.3) is 5.91 Å². The Morgan fingerprint density at radius 1 is 1.27 bits per heavy atom. The molecule has 2 rings (SSSR count). The van der Waals surface area contributed by atoms with Crippen molar-refractivity contribution in [3.8, 4) is 17.6 Å². The van der Waals surface area contributed by atoms with Crippen molar-refractivity contribution < 1.29 is 9.53 Å². The van der Waals surface area contributed by atoms with E-state index in [1.54, 1.807) is 12.1 Å². The molecule has 0 spiro atoms. The van der Waals surface area contributed by atoms with Gasteiger partial charge in [0, 0.05) is 25.1 Å². The summed E-state index contributed by atoms with van der Waals surface area (Å²) in [6, 6.07) is 11.1. The van der Waals surface area contributed by atoms with Crippen LogP contribution in [0.15, 0.2) is 36.4 Å². The molecular formula is C21H25N3O2. The topological polar surface area (TPSA) is 77.2 Å². The van der Waals surface area contributed by atoms with E-state index in [0.29, 0.717) is 18.7 Å². The number of nitrogens with one attached hydrogen (secondary N) is 1. The van der Waals surface area contributed by atoms with Crippen LogP contribution < -0.4 is 15.8 Å². The summed E-state index contributed by atoms with van der Waals surface area (Å²) in [6.07, 6.45) is 2.63. The van der Waals surface area contributed by atoms with Gasteiger partial charge in [0.15, 0.2) is 0 Å². The Hall–Kier alpha value is -3.00. The summed E-state index contributed by atoms with van der Waals surface area (Å²) in [4.78, 5) is 16.4. The average Bonchev–Trinajstić information content (AvgIpc) is 2.63. The van der Waals surface area contributed by atoms with E-state index in [1.807, 2.05) is 38.1 Å². The Morgan fingerprint density at radius 2 is 2.12 bits per heavy atom. The smallest absolute Gasteiger partial charge is 0.255 e. The minimum absolute atomic E-state index is 0.240. The second kappa shape index (κ2) is 10.1. The van der Waals surface area contributed by atoms with Gasteiger partial charge in [-0.15, -0.1) is 11.8 Å². The summed E-state index contributed by atoms with van der Waals surface area (Å²) in [7, 11) is 0. The predicted octanol–water partition coefficient (Wildman–Crippen LogP) is 3.47. The Kier molecular flexibility index (Phi) is 7.50. The number of aromatic nitrogens is 1. The van der Waals surface area contributed by atoms with Gasteiger partial charge in [-0.05, 0) is 43.2 Å². The predicted molar refractivity (Wildman–Crippen MR) is 104 cm³/mol. The van der Waals surface area contributed by atoms with Crippen molar-refractivity contribution in [1.29, 1.82) is 0 Å². The number of nitrogens with zero attached hydrogens (tertiary/aromatic N) is 1. The van der Waals surface area contributed by atoms with E-state index in [9.17, 15) is 4.79 Å². The lowest BCUT2D eigenvalue weighted by molar-refractivity contribution is 0.0951. The molecule has 0 unspecified atom stereocenters. The molecule has 1 aromatic carbocycles. The zero-order valence-electron chi connectivity index (χ0n) is 15.3.